The number of rotatable bonds is 1. The van der Waals surface area contributed by atoms with Crippen LogP contribution in [0.3, 0.4) is 0 Å². The van der Waals surface area contributed by atoms with Gasteiger partial charge in [-0.25, -0.2) is 0 Å². The first-order chi connectivity index (χ1) is 5.81. The van der Waals surface area contributed by atoms with Gasteiger partial charge in [0.2, 0.25) is 0 Å². The van der Waals surface area contributed by atoms with Gasteiger partial charge >= 0.3 is 0 Å². The molecular formula is C9H14O2S. The molecule has 3 heteroatoms. The number of fused-ring (bicyclic) bond motifs is 2. The Bertz CT molecular complexity index is 177. The van der Waals surface area contributed by atoms with Crippen LogP contribution >= 0.6 is 11.8 Å². The molecule has 2 fully saturated rings. The van der Waals surface area contributed by atoms with E-state index in [1.54, 1.807) is 0 Å². The van der Waals surface area contributed by atoms with Crippen molar-refractivity contribution in [2.45, 2.75) is 12.8 Å². The quantitative estimate of drug-likeness (QED) is 0.662. The van der Waals surface area contributed by atoms with E-state index in [-0.39, 0.29) is 6.61 Å². The number of carbonyl (C=O) groups is 1. The molecule has 2 aliphatic rings. The molecule has 0 amide bonds. The van der Waals surface area contributed by atoms with E-state index in [2.05, 4.69) is 0 Å². The van der Waals surface area contributed by atoms with E-state index >= 15 is 0 Å². The average molecular weight is 186 g/mol. The predicted octanol–water partition coefficient (Wildman–Crippen LogP) is 0.937. The van der Waals surface area contributed by atoms with E-state index in [4.69, 9.17) is 5.11 Å². The van der Waals surface area contributed by atoms with Crippen molar-refractivity contribution < 1.29 is 9.90 Å². The van der Waals surface area contributed by atoms with Gasteiger partial charge < -0.3 is 5.11 Å². The topological polar surface area (TPSA) is 37.3 Å². The highest BCUT2D eigenvalue weighted by Gasteiger charge is 2.39. The molecule has 0 radical (unpaired) electrons. The molecule has 68 valence electrons. The summed E-state index contributed by atoms with van der Waals surface area (Å²) in [6.07, 6.45) is 1.43. The fourth-order valence-electron chi connectivity index (χ4n) is 2.39. The molecule has 1 saturated carbocycles. The molecule has 1 saturated heterocycles. The Morgan fingerprint density at radius 3 is 2.42 bits per heavy atom. The highest BCUT2D eigenvalue weighted by molar-refractivity contribution is 7.99. The molecule has 0 aromatic carbocycles. The standard InChI is InChI=1S/C9H14O2S/c10-3-9-6-1-8(11)2-7(9)5-12-4-6/h6-7,9-10H,1-5H2. The molecule has 1 aliphatic heterocycles. The van der Waals surface area contributed by atoms with Gasteiger partial charge in [-0.2, -0.15) is 11.8 Å². The van der Waals surface area contributed by atoms with Crippen LogP contribution in [0.15, 0.2) is 0 Å². The number of aliphatic hydroxyl groups excluding tert-OH is 1. The highest BCUT2D eigenvalue weighted by atomic mass is 32.2. The minimum atomic E-state index is 0.281. The second kappa shape index (κ2) is 3.38. The fraction of sp³-hybridized carbons (Fsp3) is 0.889. The van der Waals surface area contributed by atoms with Crippen LogP contribution in [-0.4, -0.2) is 29.0 Å². The molecular weight excluding hydrogens is 172 g/mol. The first-order valence-electron chi connectivity index (χ1n) is 4.51. The summed E-state index contributed by atoms with van der Waals surface area (Å²) in [5.74, 6) is 3.93. The maximum atomic E-state index is 11.2. The minimum absolute atomic E-state index is 0.281. The van der Waals surface area contributed by atoms with Crippen molar-refractivity contribution >= 4 is 17.5 Å². The van der Waals surface area contributed by atoms with Gasteiger partial charge in [-0.15, -0.1) is 0 Å². The van der Waals surface area contributed by atoms with Gasteiger partial charge in [0.15, 0.2) is 0 Å². The fourth-order valence-corrected chi connectivity index (χ4v) is 3.86. The molecule has 2 unspecified atom stereocenters. The Morgan fingerprint density at radius 1 is 1.33 bits per heavy atom. The molecule has 12 heavy (non-hydrogen) atoms. The summed E-state index contributed by atoms with van der Waals surface area (Å²) in [6.45, 7) is 0.281. The summed E-state index contributed by atoms with van der Waals surface area (Å²) in [5.41, 5.74) is 0. The number of thioether (sulfide) groups is 1. The summed E-state index contributed by atoms with van der Waals surface area (Å²) in [4.78, 5) is 11.2. The van der Waals surface area contributed by atoms with Gasteiger partial charge in [-0.3, -0.25) is 4.79 Å². The number of carbonyl (C=O) groups excluding carboxylic acids is 1. The van der Waals surface area contributed by atoms with Crippen LogP contribution in [0.25, 0.3) is 0 Å². The summed E-state index contributed by atoms with van der Waals surface area (Å²) in [7, 11) is 0. The van der Waals surface area contributed by atoms with Gasteiger partial charge in [0, 0.05) is 19.4 Å². The van der Waals surface area contributed by atoms with Crippen LogP contribution in [0.2, 0.25) is 0 Å². The molecule has 2 rings (SSSR count). The Hall–Kier alpha value is -0.0200. The largest absolute Gasteiger partial charge is 0.396 e. The van der Waals surface area contributed by atoms with E-state index in [0.29, 0.717) is 36.4 Å². The van der Waals surface area contributed by atoms with Crippen molar-refractivity contribution in [2.24, 2.45) is 17.8 Å². The van der Waals surface area contributed by atoms with Crippen molar-refractivity contribution in [2.75, 3.05) is 18.1 Å². The molecule has 2 atom stereocenters. The van der Waals surface area contributed by atoms with Crippen LogP contribution in [0.4, 0.5) is 0 Å². The second-order valence-electron chi connectivity index (χ2n) is 3.85. The molecule has 1 heterocycles. The Labute approximate surface area is 76.7 Å². The van der Waals surface area contributed by atoms with Crippen molar-refractivity contribution in [3.8, 4) is 0 Å². The smallest absolute Gasteiger partial charge is 0.133 e. The summed E-state index contributed by atoms with van der Waals surface area (Å²) >= 11 is 1.94. The number of Topliss-reactive ketones (excluding diaryl/α,β-unsaturated/α-hetero) is 1. The van der Waals surface area contributed by atoms with Gasteiger partial charge in [0.25, 0.3) is 0 Å². The first kappa shape index (κ1) is 8.57. The molecule has 1 aliphatic carbocycles. The summed E-state index contributed by atoms with van der Waals surface area (Å²) in [5, 5.41) is 9.16. The molecule has 2 nitrogen and oxygen atoms in total. The number of hydrogen-bond donors (Lipinski definition) is 1. The zero-order valence-corrected chi connectivity index (χ0v) is 7.85. The Balaban J connectivity index is 2.11. The third-order valence-electron chi connectivity index (χ3n) is 3.07. The SMILES string of the molecule is O=C1CC2CSCC(C1)C2CO. The number of hydrogen-bond acceptors (Lipinski definition) is 3. The third kappa shape index (κ3) is 1.40. The molecule has 0 aromatic rings. The number of aliphatic hydroxyl groups is 1. The van der Waals surface area contributed by atoms with E-state index in [0.717, 1.165) is 11.5 Å². The van der Waals surface area contributed by atoms with Gasteiger partial charge in [-0.1, -0.05) is 0 Å². The van der Waals surface area contributed by atoms with Crippen LogP contribution in [0, 0.1) is 17.8 Å². The molecule has 2 bridgehead atoms. The second-order valence-corrected chi connectivity index (χ2v) is 4.93. The number of ketones is 1. The Kier molecular flexibility index (Phi) is 2.42. The zero-order valence-electron chi connectivity index (χ0n) is 7.03. The minimum Gasteiger partial charge on any atom is -0.396 e. The lowest BCUT2D eigenvalue weighted by atomic mass is 9.73. The van der Waals surface area contributed by atoms with Gasteiger partial charge in [0.05, 0.1) is 0 Å². The van der Waals surface area contributed by atoms with Crippen LogP contribution in [0.5, 0.6) is 0 Å². The lowest BCUT2D eigenvalue weighted by Gasteiger charge is -2.40. The van der Waals surface area contributed by atoms with E-state index in [1.807, 2.05) is 11.8 Å². The predicted molar refractivity (Wildman–Crippen MR) is 49.1 cm³/mol. The van der Waals surface area contributed by atoms with Crippen LogP contribution < -0.4 is 0 Å². The summed E-state index contributed by atoms with van der Waals surface area (Å²) < 4.78 is 0. The zero-order chi connectivity index (χ0) is 8.55. The van der Waals surface area contributed by atoms with Crippen molar-refractivity contribution in [1.29, 1.82) is 0 Å². The maximum absolute atomic E-state index is 11.2. The van der Waals surface area contributed by atoms with Gasteiger partial charge in [-0.05, 0) is 29.3 Å². The van der Waals surface area contributed by atoms with Crippen LogP contribution in [0.1, 0.15) is 12.8 Å². The molecule has 0 spiro atoms. The summed E-state index contributed by atoms with van der Waals surface area (Å²) in [6, 6.07) is 0. The molecule has 1 N–H and O–H groups in total. The lowest BCUT2D eigenvalue weighted by Crippen LogP contribution is -2.40. The van der Waals surface area contributed by atoms with E-state index in [1.165, 1.54) is 0 Å². The normalized spacial score (nSPS) is 41.4. The highest BCUT2D eigenvalue weighted by Crippen LogP contribution is 2.41. The van der Waals surface area contributed by atoms with Crippen molar-refractivity contribution in [3.05, 3.63) is 0 Å². The Morgan fingerprint density at radius 2 is 1.92 bits per heavy atom. The van der Waals surface area contributed by atoms with E-state index in [9.17, 15) is 4.79 Å². The van der Waals surface area contributed by atoms with Crippen molar-refractivity contribution in [3.63, 3.8) is 0 Å². The van der Waals surface area contributed by atoms with Crippen LogP contribution in [-0.2, 0) is 4.79 Å². The third-order valence-corrected chi connectivity index (χ3v) is 4.39. The monoisotopic (exact) mass is 186 g/mol. The average Bonchev–Trinajstić information content (AvgIpc) is 2.02. The first-order valence-corrected chi connectivity index (χ1v) is 5.67. The van der Waals surface area contributed by atoms with Gasteiger partial charge in [0.1, 0.15) is 5.78 Å². The maximum Gasteiger partial charge on any atom is 0.133 e. The lowest BCUT2D eigenvalue weighted by molar-refractivity contribution is -0.124. The van der Waals surface area contributed by atoms with E-state index < -0.39 is 0 Å². The van der Waals surface area contributed by atoms with Crippen molar-refractivity contribution in [1.82, 2.24) is 0 Å². The molecule has 0 aromatic heterocycles.